The number of aryl methyl sites for hydroxylation is 2. The Balaban J connectivity index is 0.000000277. The molecule has 8 heteroatoms. The molecule has 0 amide bonds. The van der Waals surface area contributed by atoms with Crippen LogP contribution in [-0.4, -0.2) is 26.4 Å². The number of halogens is 5. The van der Waals surface area contributed by atoms with Crippen LogP contribution in [0, 0.1) is 0 Å². The maximum atomic E-state index is 12.4. The van der Waals surface area contributed by atoms with Gasteiger partial charge in [0.15, 0.2) is 0 Å². The summed E-state index contributed by atoms with van der Waals surface area (Å²) in [6.07, 6.45) is -0.955. The van der Waals surface area contributed by atoms with Crippen LogP contribution < -0.4 is 10.2 Å². The quantitative estimate of drug-likeness (QED) is 0.325. The van der Waals surface area contributed by atoms with Gasteiger partial charge in [0.05, 0.1) is 5.56 Å². The fraction of sp³-hybridized carbons (Fsp3) is 0.500. The van der Waals surface area contributed by atoms with E-state index >= 15 is 0 Å². The number of rotatable bonds is 1. The van der Waals surface area contributed by atoms with Crippen molar-refractivity contribution in [1.29, 1.82) is 0 Å². The van der Waals surface area contributed by atoms with E-state index in [1.807, 2.05) is 31.9 Å². The number of hydrogen-bond donors (Lipinski definition) is 2. The molecule has 0 fully saturated rings. The third-order valence-electron chi connectivity index (χ3n) is 5.09. The third-order valence-corrected chi connectivity index (χ3v) is 5.09. The van der Waals surface area contributed by atoms with E-state index in [-0.39, 0.29) is 5.56 Å². The van der Waals surface area contributed by atoms with E-state index < -0.39 is 18.2 Å². The first-order valence-corrected chi connectivity index (χ1v) is 11.7. The molecule has 0 atom stereocenters. The van der Waals surface area contributed by atoms with Crippen molar-refractivity contribution in [1.82, 2.24) is 0 Å². The first kappa shape index (κ1) is 28.1. The highest BCUT2D eigenvalue weighted by atomic mass is 32.1. The summed E-state index contributed by atoms with van der Waals surface area (Å²) >= 11 is 3.53. The van der Waals surface area contributed by atoms with Crippen LogP contribution in [0.5, 0.6) is 0 Å². The van der Waals surface area contributed by atoms with Gasteiger partial charge in [0.1, 0.15) is 0 Å². The monoisotopic (exact) mass is 476 g/mol. The van der Waals surface area contributed by atoms with Crippen molar-refractivity contribution in [2.24, 2.45) is 0 Å². The fourth-order valence-electron chi connectivity index (χ4n) is 3.55. The number of nitrogens with zero attached hydrogens (tertiary/aromatic N) is 1. The Morgan fingerprint density at radius 1 is 0.938 bits per heavy atom. The van der Waals surface area contributed by atoms with Gasteiger partial charge in [-0.1, -0.05) is 32.0 Å². The standard InChI is InChI=1S/C11H13F2N.C10H10F3N.C2H6.CH4S/c1-14-6-2-3-8-4-5-9(11(12)13)7-10(8)14;11-10(12,13)8-4-3-7-2-1-5-14-9(7)6-8;2*1-2/h4-5,7,11H,2-3,6H2,1H3;3-4,6,14H,1-2,5H2;1-2H3;2H,1H3. The van der Waals surface area contributed by atoms with E-state index in [2.05, 4.69) is 17.9 Å². The van der Waals surface area contributed by atoms with Crippen LogP contribution in [0.1, 0.15) is 55.4 Å². The minimum absolute atomic E-state index is 0.123. The Labute approximate surface area is 193 Å². The average molecular weight is 477 g/mol. The molecule has 0 radical (unpaired) electrons. The van der Waals surface area contributed by atoms with Crippen molar-refractivity contribution in [3.63, 3.8) is 0 Å². The smallest absolute Gasteiger partial charge is 0.385 e. The molecule has 0 spiro atoms. The van der Waals surface area contributed by atoms with Crippen LogP contribution in [0.2, 0.25) is 0 Å². The lowest BCUT2D eigenvalue weighted by Gasteiger charge is -2.27. The van der Waals surface area contributed by atoms with E-state index in [9.17, 15) is 22.0 Å². The van der Waals surface area contributed by atoms with Crippen molar-refractivity contribution in [2.45, 2.75) is 52.1 Å². The highest BCUT2D eigenvalue weighted by molar-refractivity contribution is 7.79. The van der Waals surface area contributed by atoms with Crippen LogP contribution in [0.25, 0.3) is 0 Å². The van der Waals surface area contributed by atoms with Gasteiger partial charge in [-0.3, -0.25) is 0 Å². The van der Waals surface area contributed by atoms with E-state index in [0.29, 0.717) is 5.69 Å². The van der Waals surface area contributed by atoms with Crippen molar-refractivity contribution >= 4 is 24.0 Å². The summed E-state index contributed by atoms with van der Waals surface area (Å²) in [6, 6.07) is 8.86. The van der Waals surface area contributed by atoms with Gasteiger partial charge in [0.2, 0.25) is 0 Å². The number of thiol groups is 1. The molecule has 4 rings (SSSR count). The van der Waals surface area contributed by atoms with Crippen LogP contribution >= 0.6 is 12.6 Å². The second kappa shape index (κ2) is 13.6. The van der Waals surface area contributed by atoms with Gasteiger partial charge in [-0.2, -0.15) is 25.8 Å². The Bertz CT molecular complexity index is 825. The molecule has 0 bridgehead atoms. The Morgan fingerprint density at radius 3 is 2.19 bits per heavy atom. The number of nitrogens with one attached hydrogen (secondary N) is 1. The van der Waals surface area contributed by atoms with Gasteiger partial charge in [0.25, 0.3) is 6.43 Å². The van der Waals surface area contributed by atoms with Crippen LogP contribution in [-0.2, 0) is 19.0 Å². The summed E-state index contributed by atoms with van der Waals surface area (Å²) in [5, 5.41) is 2.98. The Hall–Kier alpha value is -1.96. The second-order valence-corrected chi connectivity index (χ2v) is 7.11. The van der Waals surface area contributed by atoms with Crippen molar-refractivity contribution < 1.29 is 22.0 Å². The molecule has 180 valence electrons. The molecule has 0 saturated heterocycles. The largest absolute Gasteiger partial charge is 0.416 e. The topological polar surface area (TPSA) is 15.3 Å². The molecule has 1 N–H and O–H groups in total. The third kappa shape index (κ3) is 7.87. The predicted molar refractivity (Wildman–Crippen MR) is 128 cm³/mol. The number of alkyl halides is 5. The summed E-state index contributed by atoms with van der Waals surface area (Å²) in [5.74, 6) is 0. The summed E-state index contributed by atoms with van der Waals surface area (Å²) in [6.45, 7) is 5.72. The lowest BCUT2D eigenvalue weighted by atomic mass is 10.0. The van der Waals surface area contributed by atoms with Gasteiger partial charge < -0.3 is 10.2 Å². The van der Waals surface area contributed by atoms with Gasteiger partial charge in [0, 0.05) is 37.1 Å². The zero-order valence-electron chi connectivity index (χ0n) is 19.1. The SMILES string of the molecule is CC.CN1CCCc2ccc(C(F)F)cc21.CS.FC(F)(F)c1ccc2c(c1)NCCC2. The summed E-state index contributed by atoms with van der Waals surface area (Å²) in [5.41, 5.74) is 3.30. The van der Waals surface area contributed by atoms with Gasteiger partial charge in [-0.15, -0.1) is 0 Å². The van der Waals surface area contributed by atoms with E-state index in [1.165, 1.54) is 17.7 Å². The second-order valence-electron chi connectivity index (χ2n) is 7.11. The molecule has 32 heavy (non-hydrogen) atoms. The summed E-state index contributed by atoms with van der Waals surface area (Å²) in [4.78, 5) is 2.05. The fourth-order valence-corrected chi connectivity index (χ4v) is 3.55. The average Bonchev–Trinajstić information content (AvgIpc) is 2.81. The molecule has 2 aliphatic heterocycles. The predicted octanol–water partition coefficient (Wildman–Crippen LogP) is 7.64. The van der Waals surface area contributed by atoms with Crippen molar-refractivity contribution in [3.8, 4) is 0 Å². The van der Waals surface area contributed by atoms with Crippen molar-refractivity contribution in [3.05, 3.63) is 58.7 Å². The summed E-state index contributed by atoms with van der Waals surface area (Å²) in [7, 11) is 1.95. The van der Waals surface area contributed by atoms with Gasteiger partial charge in [-0.25, -0.2) is 8.78 Å². The lowest BCUT2D eigenvalue weighted by Crippen LogP contribution is -2.24. The molecular weight excluding hydrogens is 443 g/mol. The molecule has 0 aliphatic carbocycles. The number of fused-ring (bicyclic) bond motifs is 2. The molecule has 0 aromatic heterocycles. The highest BCUT2D eigenvalue weighted by Crippen LogP contribution is 2.33. The Morgan fingerprint density at radius 2 is 1.56 bits per heavy atom. The van der Waals surface area contributed by atoms with Crippen LogP contribution in [0.4, 0.5) is 33.3 Å². The highest BCUT2D eigenvalue weighted by Gasteiger charge is 2.31. The zero-order chi connectivity index (χ0) is 24.3. The number of anilines is 2. The van der Waals surface area contributed by atoms with E-state index in [0.717, 1.165) is 56.1 Å². The van der Waals surface area contributed by atoms with E-state index in [4.69, 9.17) is 0 Å². The molecule has 2 heterocycles. The maximum absolute atomic E-state index is 12.4. The zero-order valence-corrected chi connectivity index (χ0v) is 20.0. The van der Waals surface area contributed by atoms with Crippen LogP contribution in [0.15, 0.2) is 36.4 Å². The molecule has 2 aromatic carbocycles. The van der Waals surface area contributed by atoms with Gasteiger partial charge >= 0.3 is 6.18 Å². The summed E-state index contributed by atoms with van der Waals surface area (Å²) < 4.78 is 61.9. The first-order valence-electron chi connectivity index (χ1n) is 10.8. The number of benzene rings is 2. The lowest BCUT2D eigenvalue weighted by molar-refractivity contribution is -0.137. The van der Waals surface area contributed by atoms with Crippen LogP contribution in [0.3, 0.4) is 0 Å². The molecule has 2 aromatic rings. The first-order chi connectivity index (χ1) is 15.3. The van der Waals surface area contributed by atoms with Crippen molar-refractivity contribution in [2.75, 3.05) is 36.6 Å². The van der Waals surface area contributed by atoms with E-state index in [1.54, 1.807) is 18.4 Å². The normalized spacial score (nSPS) is 14.3. The number of hydrogen-bond acceptors (Lipinski definition) is 3. The maximum Gasteiger partial charge on any atom is 0.416 e. The molecule has 0 unspecified atom stereocenters. The molecular formula is C24H33F5N2S. The minimum Gasteiger partial charge on any atom is -0.385 e. The molecule has 2 nitrogen and oxygen atoms in total. The Kier molecular flexibility index (Phi) is 11.9. The minimum atomic E-state index is -4.24. The van der Waals surface area contributed by atoms with Gasteiger partial charge in [-0.05, 0) is 61.3 Å². The molecule has 2 aliphatic rings. The molecule has 0 saturated carbocycles.